The van der Waals surface area contributed by atoms with Crippen LogP contribution in [0.3, 0.4) is 0 Å². The lowest BCUT2D eigenvalue weighted by Gasteiger charge is -2.20. The fourth-order valence-corrected chi connectivity index (χ4v) is 3.80. The number of aliphatic hydroxyl groups excluding tert-OH is 2. The van der Waals surface area contributed by atoms with Crippen molar-refractivity contribution in [3.63, 3.8) is 0 Å². The highest BCUT2D eigenvalue weighted by molar-refractivity contribution is 7.47. The molecule has 0 fully saturated rings. The molecule has 0 rings (SSSR count). The Morgan fingerprint density at radius 3 is 2.06 bits per heavy atom. The first kappa shape index (κ1) is 34.7. The van der Waals surface area contributed by atoms with E-state index in [2.05, 4.69) is 23.6 Å². The Morgan fingerprint density at radius 2 is 1.39 bits per heavy atom. The van der Waals surface area contributed by atoms with Crippen LogP contribution in [0.4, 0.5) is 0 Å². The average molecular weight is 539 g/mol. The summed E-state index contributed by atoms with van der Waals surface area (Å²) in [5.74, 6) is -0.982. The molecule has 0 aliphatic heterocycles. The molecule has 3 unspecified atom stereocenters. The number of phosphoric ester groups is 1. The number of carbonyl (C=O) groups excluding carboxylic acids is 2. The number of hydrogen-bond donors (Lipinski definition) is 3. The molecule has 0 aromatic rings. The number of esters is 2. The van der Waals surface area contributed by atoms with E-state index in [0.717, 1.165) is 44.9 Å². The molecule has 0 aliphatic carbocycles. The number of rotatable bonds is 24. The van der Waals surface area contributed by atoms with E-state index in [0.29, 0.717) is 12.8 Å². The van der Waals surface area contributed by atoms with Gasteiger partial charge in [-0.1, -0.05) is 64.5 Å². The largest absolute Gasteiger partial charge is 0.472 e. The minimum Gasteiger partial charge on any atom is -0.462 e. The van der Waals surface area contributed by atoms with Gasteiger partial charge in [-0.2, -0.15) is 0 Å². The van der Waals surface area contributed by atoms with Gasteiger partial charge in [0.15, 0.2) is 6.10 Å². The molecule has 0 saturated carbocycles. The van der Waals surface area contributed by atoms with E-state index in [4.69, 9.17) is 19.1 Å². The zero-order valence-corrected chi connectivity index (χ0v) is 22.9. The lowest BCUT2D eigenvalue weighted by molar-refractivity contribution is -0.161. The number of aliphatic hydroxyl groups is 2. The van der Waals surface area contributed by atoms with Gasteiger partial charge in [0.05, 0.1) is 19.8 Å². The van der Waals surface area contributed by atoms with Crippen molar-refractivity contribution >= 4 is 19.8 Å². The summed E-state index contributed by atoms with van der Waals surface area (Å²) >= 11 is 0. The molecule has 11 heteroatoms. The van der Waals surface area contributed by atoms with Gasteiger partial charge < -0.3 is 24.6 Å². The fourth-order valence-electron chi connectivity index (χ4n) is 3.01. The monoisotopic (exact) mass is 538 g/mol. The summed E-state index contributed by atoms with van der Waals surface area (Å²) in [4.78, 5) is 33.8. The van der Waals surface area contributed by atoms with E-state index in [9.17, 15) is 24.2 Å². The average Bonchev–Trinajstić information content (AvgIpc) is 2.86. The van der Waals surface area contributed by atoms with E-state index in [1.165, 1.54) is 12.8 Å². The van der Waals surface area contributed by atoms with Crippen LogP contribution < -0.4 is 0 Å². The first-order chi connectivity index (χ1) is 17.2. The number of allylic oxidation sites excluding steroid dienone is 2. The summed E-state index contributed by atoms with van der Waals surface area (Å²) in [5.41, 5.74) is 0. The first-order valence-electron chi connectivity index (χ1n) is 13.1. The second kappa shape index (κ2) is 22.9. The quantitative estimate of drug-likeness (QED) is 0.0689. The van der Waals surface area contributed by atoms with Crippen molar-refractivity contribution in [3.05, 3.63) is 12.2 Å². The Balaban J connectivity index is 4.41. The molecule has 10 nitrogen and oxygen atoms in total. The maximum Gasteiger partial charge on any atom is 0.472 e. The van der Waals surface area contributed by atoms with Crippen molar-refractivity contribution < 1.29 is 47.8 Å². The molecule has 0 aromatic heterocycles. The van der Waals surface area contributed by atoms with E-state index < -0.39 is 51.8 Å². The van der Waals surface area contributed by atoms with E-state index in [-0.39, 0.29) is 19.4 Å². The van der Waals surface area contributed by atoms with Crippen molar-refractivity contribution in [2.24, 2.45) is 0 Å². The van der Waals surface area contributed by atoms with Crippen molar-refractivity contribution in [2.75, 3.05) is 26.4 Å². The molecule has 0 heterocycles. The Hall–Kier alpha value is -1.29. The molecule has 0 radical (unpaired) electrons. The summed E-state index contributed by atoms with van der Waals surface area (Å²) in [6, 6.07) is 0. The smallest absolute Gasteiger partial charge is 0.462 e. The van der Waals surface area contributed by atoms with Gasteiger partial charge in [0.25, 0.3) is 0 Å². The first-order valence-corrected chi connectivity index (χ1v) is 14.6. The third-order valence-corrected chi connectivity index (χ3v) is 6.12. The van der Waals surface area contributed by atoms with Gasteiger partial charge in [-0.25, -0.2) is 4.57 Å². The number of carbonyl (C=O) groups is 2. The lowest BCUT2D eigenvalue weighted by Crippen LogP contribution is -2.29. The summed E-state index contributed by atoms with van der Waals surface area (Å²) in [6.45, 7) is 1.99. The lowest BCUT2D eigenvalue weighted by atomic mass is 10.1. The molecule has 212 valence electrons. The third kappa shape index (κ3) is 21.9. The standard InChI is InChI=1S/C25H47O10P/c1-3-5-7-8-9-10-11-12-13-14-15-17-25(29)35-23(20-32-24(28)16-6-4-2)21-34-36(30,31)33-19-22(27)18-26/h8-9,22-23,26-27H,3-7,10-21H2,1-2H3,(H,30,31)/b9-8-. The van der Waals surface area contributed by atoms with E-state index in [1.54, 1.807) is 0 Å². The van der Waals surface area contributed by atoms with Crippen LogP contribution in [0.2, 0.25) is 0 Å². The Morgan fingerprint density at radius 1 is 0.806 bits per heavy atom. The van der Waals surface area contributed by atoms with Crippen molar-refractivity contribution in [3.8, 4) is 0 Å². The Labute approximate surface area is 216 Å². The number of phosphoric acid groups is 1. The molecule has 3 atom stereocenters. The summed E-state index contributed by atoms with van der Waals surface area (Å²) in [5, 5.41) is 18.0. The van der Waals surface area contributed by atoms with Crippen LogP contribution in [0, 0.1) is 0 Å². The maximum absolute atomic E-state index is 12.3. The van der Waals surface area contributed by atoms with Crippen LogP contribution >= 0.6 is 7.82 Å². The molecule has 0 aliphatic rings. The molecule has 0 saturated heterocycles. The van der Waals surface area contributed by atoms with Gasteiger partial charge in [-0.05, 0) is 32.1 Å². The molecular formula is C25H47O10P. The fraction of sp³-hybridized carbons (Fsp3) is 0.840. The van der Waals surface area contributed by atoms with Gasteiger partial charge in [-0.3, -0.25) is 18.6 Å². The van der Waals surface area contributed by atoms with Gasteiger partial charge >= 0.3 is 19.8 Å². The highest BCUT2D eigenvalue weighted by Crippen LogP contribution is 2.43. The second-order valence-corrected chi connectivity index (χ2v) is 10.2. The maximum atomic E-state index is 12.3. The minimum absolute atomic E-state index is 0.174. The van der Waals surface area contributed by atoms with Gasteiger partial charge in [0.2, 0.25) is 0 Å². The topological polar surface area (TPSA) is 149 Å². The number of ether oxygens (including phenoxy) is 2. The number of unbranched alkanes of at least 4 members (excludes halogenated alkanes) is 8. The highest BCUT2D eigenvalue weighted by Gasteiger charge is 2.27. The molecule has 0 aromatic carbocycles. The zero-order chi connectivity index (χ0) is 27.1. The van der Waals surface area contributed by atoms with Crippen LogP contribution in [0.15, 0.2) is 12.2 Å². The van der Waals surface area contributed by atoms with Crippen molar-refractivity contribution in [1.82, 2.24) is 0 Å². The normalized spacial score (nSPS) is 14.9. The number of hydrogen-bond acceptors (Lipinski definition) is 9. The summed E-state index contributed by atoms with van der Waals surface area (Å²) < 4.78 is 31.8. The SMILES string of the molecule is CCCC/C=C\CCCCCCCC(=O)OC(COC(=O)CCCC)COP(=O)(O)OCC(O)CO. The molecule has 0 spiro atoms. The van der Waals surface area contributed by atoms with Crippen molar-refractivity contribution in [2.45, 2.75) is 110 Å². The third-order valence-electron chi connectivity index (χ3n) is 5.17. The van der Waals surface area contributed by atoms with Gasteiger partial charge in [0, 0.05) is 12.8 Å². The van der Waals surface area contributed by atoms with Crippen LogP contribution in [0.5, 0.6) is 0 Å². The predicted octanol–water partition coefficient (Wildman–Crippen LogP) is 4.60. The molecular weight excluding hydrogens is 491 g/mol. The van der Waals surface area contributed by atoms with Crippen LogP contribution in [-0.2, 0) is 32.7 Å². The molecule has 3 N–H and O–H groups in total. The van der Waals surface area contributed by atoms with E-state index >= 15 is 0 Å². The van der Waals surface area contributed by atoms with Crippen LogP contribution in [0.25, 0.3) is 0 Å². The van der Waals surface area contributed by atoms with Gasteiger partial charge in [0.1, 0.15) is 12.7 Å². The predicted molar refractivity (Wildman–Crippen MR) is 136 cm³/mol. The van der Waals surface area contributed by atoms with Crippen molar-refractivity contribution in [1.29, 1.82) is 0 Å². The van der Waals surface area contributed by atoms with Crippen LogP contribution in [0.1, 0.15) is 97.3 Å². The van der Waals surface area contributed by atoms with Gasteiger partial charge in [-0.15, -0.1) is 0 Å². The summed E-state index contributed by atoms with van der Waals surface area (Å²) in [6.07, 6.45) is 13.3. The highest BCUT2D eigenvalue weighted by atomic mass is 31.2. The minimum atomic E-state index is -4.58. The van der Waals surface area contributed by atoms with E-state index in [1.807, 2.05) is 6.92 Å². The molecule has 36 heavy (non-hydrogen) atoms. The molecule has 0 amide bonds. The zero-order valence-electron chi connectivity index (χ0n) is 22.0. The summed E-state index contributed by atoms with van der Waals surface area (Å²) in [7, 11) is -4.58. The second-order valence-electron chi connectivity index (χ2n) is 8.71. The Bertz CT molecular complexity index is 640. The Kier molecular flexibility index (Phi) is 22.1. The van der Waals surface area contributed by atoms with Crippen LogP contribution in [-0.4, -0.2) is 65.7 Å². The molecule has 0 bridgehead atoms.